The zero-order valence-corrected chi connectivity index (χ0v) is 11.0. The number of carbonyl (C=O) groups excluding carboxylic acids is 1. The Labute approximate surface area is 111 Å². The first-order chi connectivity index (χ1) is 9.33. The third kappa shape index (κ3) is 2.13. The summed E-state index contributed by atoms with van der Waals surface area (Å²) in [6.07, 6.45) is 6.33. The van der Waals surface area contributed by atoms with E-state index in [1.807, 2.05) is 4.68 Å². The van der Waals surface area contributed by atoms with Crippen LogP contribution in [-0.4, -0.2) is 26.1 Å². The van der Waals surface area contributed by atoms with Crippen molar-refractivity contribution in [3.63, 3.8) is 0 Å². The van der Waals surface area contributed by atoms with Gasteiger partial charge in [-0.15, -0.1) is 5.10 Å². The molecule has 1 aromatic heterocycles. The number of carbonyl (C=O) groups is 1. The second-order valence-corrected chi connectivity index (χ2v) is 6.22. The first kappa shape index (κ1) is 11.4. The molecule has 0 saturated heterocycles. The van der Waals surface area contributed by atoms with E-state index in [2.05, 4.69) is 20.8 Å². The van der Waals surface area contributed by atoms with Gasteiger partial charge in [0.25, 0.3) is 0 Å². The largest absolute Gasteiger partial charge is 0.348 e. The van der Waals surface area contributed by atoms with Crippen LogP contribution in [0.2, 0.25) is 0 Å². The molecule has 3 saturated carbocycles. The molecule has 1 heterocycles. The van der Waals surface area contributed by atoms with E-state index in [-0.39, 0.29) is 11.8 Å². The molecule has 102 valence electrons. The van der Waals surface area contributed by atoms with Crippen LogP contribution >= 0.6 is 0 Å². The number of tetrazole rings is 1. The summed E-state index contributed by atoms with van der Waals surface area (Å²) in [7, 11) is 0. The fourth-order valence-corrected chi connectivity index (χ4v) is 3.53. The Kier molecular flexibility index (Phi) is 2.56. The van der Waals surface area contributed by atoms with Crippen LogP contribution < -0.4 is 5.32 Å². The Morgan fingerprint density at radius 2 is 2.05 bits per heavy atom. The van der Waals surface area contributed by atoms with Crippen LogP contribution in [0.15, 0.2) is 0 Å². The van der Waals surface area contributed by atoms with Gasteiger partial charge >= 0.3 is 0 Å². The van der Waals surface area contributed by atoms with Crippen molar-refractivity contribution < 1.29 is 4.79 Å². The maximum atomic E-state index is 12.1. The molecule has 3 atom stereocenters. The third-order valence-corrected chi connectivity index (χ3v) is 4.86. The minimum atomic E-state index is 0.204. The lowest BCUT2D eigenvalue weighted by Gasteiger charge is -2.07. The molecule has 0 aromatic carbocycles. The van der Waals surface area contributed by atoms with Crippen LogP contribution in [0.25, 0.3) is 0 Å². The molecular weight excluding hydrogens is 242 g/mol. The lowest BCUT2D eigenvalue weighted by atomic mass is 10.1. The monoisotopic (exact) mass is 261 g/mol. The van der Waals surface area contributed by atoms with Gasteiger partial charge < -0.3 is 5.32 Å². The van der Waals surface area contributed by atoms with E-state index in [0.717, 1.165) is 18.3 Å². The van der Waals surface area contributed by atoms with E-state index in [4.69, 9.17) is 0 Å². The normalized spacial score (nSPS) is 32.1. The van der Waals surface area contributed by atoms with Crippen molar-refractivity contribution >= 4 is 5.91 Å². The molecule has 1 N–H and O–H groups in total. The molecule has 1 aromatic rings. The molecule has 6 heteroatoms. The van der Waals surface area contributed by atoms with Crippen molar-refractivity contribution in [3.8, 4) is 0 Å². The Hall–Kier alpha value is -1.46. The summed E-state index contributed by atoms with van der Waals surface area (Å²) in [5.41, 5.74) is 0. The number of amides is 1. The predicted octanol–water partition coefficient (Wildman–Crippen LogP) is 0.745. The zero-order chi connectivity index (χ0) is 12.8. The fourth-order valence-electron chi connectivity index (χ4n) is 3.53. The second kappa shape index (κ2) is 4.28. The summed E-state index contributed by atoms with van der Waals surface area (Å²) in [4.78, 5) is 12.1. The van der Waals surface area contributed by atoms with Crippen LogP contribution in [-0.2, 0) is 17.9 Å². The number of hydrogen-bond donors (Lipinski definition) is 1. The van der Waals surface area contributed by atoms with E-state index in [9.17, 15) is 4.79 Å². The van der Waals surface area contributed by atoms with Crippen molar-refractivity contribution in [3.05, 3.63) is 5.82 Å². The number of hydrogen-bond acceptors (Lipinski definition) is 4. The van der Waals surface area contributed by atoms with E-state index in [1.165, 1.54) is 32.1 Å². The average Bonchev–Trinajstić information content (AvgIpc) is 3.24. The van der Waals surface area contributed by atoms with Crippen molar-refractivity contribution in [1.29, 1.82) is 0 Å². The Morgan fingerprint density at radius 3 is 2.79 bits per heavy atom. The van der Waals surface area contributed by atoms with Gasteiger partial charge in [0.1, 0.15) is 0 Å². The number of nitrogens with zero attached hydrogens (tertiary/aromatic N) is 4. The van der Waals surface area contributed by atoms with Crippen molar-refractivity contribution in [2.45, 2.75) is 45.2 Å². The van der Waals surface area contributed by atoms with E-state index >= 15 is 0 Å². The molecule has 0 radical (unpaired) electrons. The molecule has 3 fully saturated rings. The van der Waals surface area contributed by atoms with Crippen LogP contribution in [0.5, 0.6) is 0 Å². The first-order valence-corrected chi connectivity index (χ1v) is 7.35. The Bertz CT molecular complexity index is 485. The topological polar surface area (TPSA) is 72.7 Å². The van der Waals surface area contributed by atoms with Gasteiger partial charge in [0.05, 0.1) is 6.54 Å². The number of nitrogens with one attached hydrogen (secondary N) is 1. The Morgan fingerprint density at radius 1 is 1.26 bits per heavy atom. The molecule has 3 aliphatic rings. The minimum Gasteiger partial charge on any atom is -0.348 e. The SMILES string of the molecule is O=C(NCc1nnnn1CC1CC1)C1[C@H]2CCC[C@@H]12. The standard InChI is InChI=1S/C13H19N5O/c19-13(12-9-2-1-3-10(9)12)14-6-11-15-16-17-18(11)7-8-4-5-8/h8-10,12H,1-7H2,(H,14,19)/t9-,10+,12?. The highest BCUT2D eigenvalue weighted by atomic mass is 16.2. The van der Waals surface area contributed by atoms with Crippen molar-refractivity contribution in [2.75, 3.05) is 0 Å². The van der Waals surface area contributed by atoms with Crippen molar-refractivity contribution in [2.24, 2.45) is 23.7 Å². The minimum absolute atomic E-state index is 0.204. The molecule has 0 aliphatic heterocycles. The third-order valence-electron chi connectivity index (χ3n) is 4.86. The molecule has 1 unspecified atom stereocenters. The predicted molar refractivity (Wildman–Crippen MR) is 66.7 cm³/mol. The summed E-state index contributed by atoms with van der Waals surface area (Å²) in [5, 5.41) is 14.7. The Balaban J connectivity index is 1.32. The summed E-state index contributed by atoms with van der Waals surface area (Å²) in [6, 6.07) is 0. The average molecular weight is 261 g/mol. The van der Waals surface area contributed by atoms with Gasteiger partial charge in [-0.3, -0.25) is 4.79 Å². The first-order valence-electron chi connectivity index (χ1n) is 7.35. The van der Waals surface area contributed by atoms with Gasteiger partial charge in [-0.1, -0.05) is 6.42 Å². The summed E-state index contributed by atoms with van der Waals surface area (Å²) in [6.45, 7) is 1.36. The highest BCUT2D eigenvalue weighted by molar-refractivity contribution is 5.82. The quantitative estimate of drug-likeness (QED) is 0.848. The summed E-state index contributed by atoms with van der Waals surface area (Å²) < 4.78 is 1.84. The highest BCUT2D eigenvalue weighted by Gasteiger charge is 2.56. The van der Waals surface area contributed by atoms with E-state index in [0.29, 0.717) is 18.4 Å². The van der Waals surface area contributed by atoms with Crippen molar-refractivity contribution in [1.82, 2.24) is 25.5 Å². The molecule has 0 bridgehead atoms. The molecule has 19 heavy (non-hydrogen) atoms. The van der Waals surface area contributed by atoms with Gasteiger partial charge in [0.15, 0.2) is 5.82 Å². The fraction of sp³-hybridized carbons (Fsp3) is 0.846. The molecule has 6 nitrogen and oxygen atoms in total. The van der Waals surface area contributed by atoms with Crippen LogP contribution in [0, 0.1) is 23.7 Å². The molecule has 1 amide bonds. The lowest BCUT2D eigenvalue weighted by Crippen LogP contribution is -2.28. The smallest absolute Gasteiger partial charge is 0.224 e. The molecule has 0 spiro atoms. The summed E-state index contributed by atoms with van der Waals surface area (Å²) in [5.74, 6) is 3.34. The van der Waals surface area contributed by atoms with Crippen LogP contribution in [0.4, 0.5) is 0 Å². The lowest BCUT2D eigenvalue weighted by molar-refractivity contribution is -0.123. The van der Waals surface area contributed by atoms with E-state index in [1.54, 1.807) is 0 Å². The molecule has 4 rings (SSSR count). The number of fused-ring (bicyclic) bond motifs is 1. The van der Waals surface area contributed by atoms with Gasteiger partial charge in [-0.25, -0.2) is 4.68 Å². The molecular formula is C13H19N5O. The number of aromatic nitrogens is 4. The number of rotatable bonds is 5. The molecule has 3 aliphatic carbocycles. The maximum Gasteiger partial charge on any atom is 0.224 e. The van der Waals surface area contributed by atoms with Gasteiger partial charge in [0, 0.05) is 12.5 Å². The van der Waals surface area contributed by atoms with Crippen LogP contribution in [0.3, 0.4) is 0 Å². The van der Waals surface area contributed by atoms with Gasteiger partial charge in [-0.2, -0.15) is 0 Å². The van der Waals surface area contributed by atoms with Gasteiger partial charge in [-0.05, 0) is 53.9 Å². The van der Waals surface area contributed by atoms with Crippen LogP contribution in [0.1, 0.15) is 37.9 Å². The van der Waals surface area contributed by atoms with E-state index < -0.39 is 0 Å². The summed E-state index contributed by atoms with van der Waals surface area (Å²) >= 11 is 0. The maximum absolute atomic E-state index is 12.1. The zero-order valence-electron chi connectivity index (χ0n) is 11.0. The van der Waals surface area contributed by atoms with Gasteiger partial charge in [0.2, 0.25) is 5.91 Å². The second-order valence-electron chi connectivity index (χ2n) is 6.22. The highest BCUT2D eigenvalue weighted by Crippen LogP contribution is 2.57.